The van der Waals surface area contributed by atoms with Gasteiger partial charge in [-0.2, -0.15) is 0 Å². The number of rotatable bonds is 10. The molecule has 0 radical (unpaired) electrons. The molecule has 1 fully saturated rings. The highest BCUT2D eigenvalue weighted by Crippen LogP contribution is 2.17. The molecule has 0 saturated carbocycles. The fraction of sp³-hybridized carbons (Fsp3) is 0.400. The highest BCUT2D eigenvalue weighted by Gasteiger charge is 2.33. The van der Waals surface area contributed by atoms with E-state index in [1.165, 1.54) is 17.0 Å². The average Bonchev–Trinajstić information content (AvgIpc) is 3.26. The molecular formula is C20H28N8O5. The lowest BCUT2D eigenvalue weighted by Gasteiger charge is -2.24. The monoisotopic (exact) mass is 460 g/mol. The van der Waals surface area contributed by atoms with Crippen molar-refractivity contribution in [3.63, 3.8) is 0 Å². The molecule has 0 spiro atoms. The molecule has 2 rings (SSSR count). The van der Waals surface area contributed by atoms with Gasteiger partial charge in [0.05, 0.1) is 19.6 Å². The molecule has 1 aliphatic rings. The van der Waals surface area contributed by atoms with Crippen molar-refractivity contribution in [2.24, 2.45) is 22.2 Å². The van der Waals surface area contributed by atoms with E-state index in [1.807, 2.05) is 0 Å². The lowest BCUT2D eigenvalue weighted by atomic mass is 10.2. The van der Waals surface area contributed by atoms with Crippen molar-refractivity contribution in [1.82, 2.24) is 15.5 Å². The van der Waals surface area contributed by atoms with Crippen LogP contribution in [0.15, 0.2) is 29.3 Å². The molecule has 1 aromatic rings. The van der Waals surface area contributed by atoms with Crippen LogP contribution in [0.1, 0.15) is 29.6 Å². The minimum Gasteiger partial charge on any atom is -0.370 e. The summed E-state index contributed by atoms with van der Waals surface area (Å²) >= 11 is 0. The minimum atomic E-state index is -0.705. The smallest absolute Gasteiger partial charge is 0.251 e. The molecule has 1 saturated heterocycles. The fourth-order valence-corrected chi connectivity index (χ4v) is 3.20. The van der Waals surface area contributed by atoms with Crippen LogP contribution in [0.4, 0.5) is 5.69 Å². The summed E-state index contributed by atoms with van der Waals surface area (Å²) < 4.78 is 0. The van der Waals surface area contributed by atoms with Crippen LogP contribution in [0.3, 0.4) is 0 Å². The molecule has 0 unspecified atom stereocenters. The Morgan fingerprint density at radius 1 is 1.00 bits per heavy atom. The number of nitrogens with one attached hydrogen (secondary N) is 3. The van der Waals surface area contributed by atoms with E-state index >= 15 is 0 Å². The molecule has 33 heavy (non-hydrogen) atoms. The molecular weight excluding hydrogens is 432 g/mol. The van der Waals surface area contributed by atoms with Gasteiger partial charge in [0.2, 0.25) is 23.6 Å². The largest absolute Gasteiger partial charge is 0.370 e. The van der Waals surface area contributed by atoms with E-state index in [0.29, 0.717) is 30.6 Å². The van der Waals surface area contributed by atoms with E-state index in [1.54, 1.807) is 12.1 Å². The first-order valence-corrected chi connectivity index (χ1v) is 10.3. The number of aliphatic imine (C=N–C) groups is 1. The molecule has 0 aromatic heterocycles. The van der Waals surface area contributed by atoms with Gasteiger partial charge in [-0.1, -0.05) is 0 Å². The van der Waals surface area contributed by atoms with E-state index in [9.17, 15) is 24.0 Å². The van der Waals surface area contributed by atoms with Crippen molar-refractivity contribution in [3.8, 4) is 0 Å². The summed E-state index contributed by atoms with van der Waals surface area (Å²) in [7, 11) is 0. The standard InChI is InChI=1S/C20H28N8O5/c21-15(29)10-25-19(33)14-2-1-9-28(14)17(31)11-26-18(32)12-3-5-13(6-4-12)27-16(30)7-8-24-20(22)23/h3-6,14H,1-2,7-11H2,(H2,21,29)(H,25,33)(H,26,32)(H,27,30)(H4,22,23,24)/t14-/m0/s1. The lowest BCUT2D eigenvalue weighted by Crippen LogP contribution is -2.50. The third-order valence-electron chi connectivity index (χ3n) is 4.78. The number of primary amides is 1. The first-order valence-electron chi connectivity index (χ1n) is 10.3. The van der Waals surface area contributed by atoms with Crippen LogP contribution in [-0.2, 0) is 19.2 Å². The molecule has 0 bridgehead atoms. The van der Waals surface area contributed by atoms with Crippen molar-refractivity contribution in [2.45, 2.75) is 25.3 Å². The Hall–Kier alpha value is -4.16. The maximum absolute atomic E-state index is 12.5. The minimum absolute atomic E-state index is 0.0942. The normalized spacial score (nSPS) is 14.8. The maximum Gasteiger partial charge on any atom is 0.251 e. The molecule has 0 aliphatic carbocycles. The maximum atomic E-state index is 12.5. The quantitative estimate of drug-likeness (QED) is 0.164. The van der Waals surface area contributed by atoms with Gasteiger partial charge in [0, 0.05) is 24.2 Å². The average molecular weight is 460 g/mol. The van der Waals surface area contributed by atoms with Gasteiger partial charge >= 0.3 is 0 Å². The van der Waals surface area contributed by atoms with Crippen LogP contribution in [0, 0.1) is 0 Å². The van der Waals surface area contributed by atoms with Gasteiger partial charge in [-0.05, 0) is 37.1 Å². The van der Waals surface area contributed by atoms with Gasteiger partial charge in [-0.3, -0.25) is 29.0 Å². The summed E-state index contributed by atoms with van der Waals surface area (Å²) in [5.74, 6) is -2.41. The zero-order valence-corrected chi connectivity index (χ0v) is 18.0. The van der Waals surface area contributed by atoms with Crippen molar-refractivity contribution in [1.29, 1.82) is 0 Å². The summed E-state index contributed by atoms with van der Waals surface area (Å²) in [5, 5.41) is 7.57. The van der Waals surface area contributed by atoms with Gasteiger partial charge in [0.25, 0.3) is 5.91 Å². The van der Waals surface area contributed by atoms with Crippen LogP contribution in [0.2, 0.25) is 0 Å². The molecule has 5 amide bonds. The first-order chi connectivity index (χ1) is 15.7. The Kier molecular flexibility index (Phi) is 9.15. The Bertz CT molecular complexity index is 927. The third kappa shape index (κ3) is 8.12. The van der Waals surface area contributed by atoms with E-state index in [4.69, 9.17) is 17.2 Å². The van der Waals surface area contributed by atoms with Gasteiger partial charge in [-0.25, -0.2) is 0 Å². The topological polar surface area (TPSA) is 215 Å². The zero-order chi connectivity index (χ0) is 24.4. The molecule has 1 aromatic carbocycles. The lowest BCUT2D eigenvalue weighted by molar-refractivity contribution is -0.138. The van der Waals surface area contributed by atoms with Crippen LogP contribution >= 0.6 is 0 Å². The molecule has 178 valence electrons. The number of benzene rings is 1. The zero-order valence-electron chi connectivity index (χ0n) is 18.0. The van der Waals surface area contributed by atoms with Crippen LogP contribution in [0.25, 0.3) is 0 Å². The molecule has 13 nitrogen and oxygen atoms in total. The Labute approximate surface area is 190 Å². The number of carbonyl (C=O) groups excluding carboxylic acids is 5. The predicted octanol–water partition coefficient (Wildman–Crippen LogP) is -2.39. The Morgan fingerprint density at radius 3 is 2.33 bits per heavy atom. The number of hydrogen-bond donors (Lipinski definition) is 6. The second kappa shape index (κ2) is 12.0. The predicted molar refractivity (Wildman–Crippen MR) is 120 cm³/mol. The molecule has 1 atom stereocenters. The number of anilines is 1. The van der Waals surface area contributed by atoms with Crippen molar-refractivity contribution in [3.05, 3.63) is 29.8 Å². The van der Waals surface area contributed by atoms with Crippen LogP contribution in [0.5, 0.6) is 0 Å². The van der Waals surface area contributed by atoms with Crippen molar-refractivity contribution < 1.29 is 24.0 Å². The number of guanidine groups is 1. The van der Waals surface area contributed by atoms with E-state index in [0.717, 1.165) is 0 Å². The summed E-state index contributed by atoms with van der Waals surface area (Å²) in [6.45, 7) is -0.0587. The number of hydrogen-bond acceptors (Lipinski definition) is 6. The molecule has 9 N–H and O–H groups in total. The van der Waals surface area contributed by atoms with Crippen LogP contribution in [-0.4, -0.2) is 72.6 Å². The van der Waals surface area contributed by atoms with Gasteiger partial charge in [0.1, 0.15) is 6.04 Å². The number of nitrogens with zero attached hydrogens (tertiary/aromatic N) is 2. The first kappa shape index (κ1) is 25.1. The van der Waals surface area contributed by atoms with Gasteiger partial charge < -0.3 is 38.1 Å². The second-order valence-electron chi connectivity index (χ2n) is 7.29. The Morgan fingerprint density at radius 2 is 1.70 bits per heavy atom. The molecule has 1 aliphatic heterocycles. The van der Waals surface area contributed by atoms with Gasteiger partial charge in [0.15, 0.2) is 5.96 Å². The number of amides is 5. The van der Waals surface area contributed by atoms with Crippen LogP contribution < -0.4 is 33.2 Å². The molecule has 13 heteroatoms. The van der Waals surface area contributed by atoms with Crippen molar-refractivity contribution >= 4 is 41.2 Å². The third-order valence-corrected chi connectivity index (χ3v) is 4.78. The highest BCUT2D eigenvalue weighted by molar-refractivity contribution is 5.98. The summed E-state index contributed by atoms with van der Waals surface area (Å²) in [6.07, 6.45) is 1.19. The van der Waals surface area contributed by atoms with Gasteiger partial charge in [-0.15, -0.1) is 0 Å². The summed E-state index contributed by atoms with van der Waals surface area (Å²) in [5.41, 5.74) is 16.2. The fourth-order valence-electron chi connectivity index (χ4n) is 3.20. The highest BCUT2D eigenvalue weighted by atomic mass is 16.2. The van der Waals surface area contributed by atoms with E-state index in [-0.39, 0.29) is 37.9 Å². The second-order valence-corrected chi connectivity index (χ2v) is 7.29. The molecule has 1 heterocycles. The van der Waals surface area contributed by atoms with Crippen molar-refractivity contribution in [2.75, 3.05) is 31.5 Å². The summed E-state index contributed by atoms with van der Waals surface area (Å²) in [4.78, 5) is 64.8. The van der Waals surface area contributed by atoms with E-state index < -0.39 is 29.7 Å². The Balaban J connectivity index is 1.83. The number of nitrogens with two attached hydrogens (primary N) is 3. The summed E-state index contributed by atoms with van der Waals surface area (Å²) in [6, 6.07) is 5.40. The van der Waals surface area contributed by atoms with E-state index in [2.05, 4.69) is 20.9 Å². The number of carbonyl (C=O) groups is 5. The number of likely N-dealkylation sites (tertiary alicyclic amines) is 1. The SMILES string of the molecule is NC(=O)CNC(=O)[C@@H]1CCCN1C(=O)CNC(=O)c1ccc(NC(=O)CCN=C(N)N)cc1.